The van der Waals surface area contributed by atoms with E-state index in [0.29, 0.717) is 6.04 Å². The molecule has 1 aliphatic carbocycles. The molecular formula is C19H29NO3. The molecule has 2 aliphatic rings. The molecule has 3 rings (SSSR count). The van der Waals surface area contributed by atoms with Crippen LogP contribution in [0.25, 0.3) is 0 Å². The van der Waals surface area contributed by atoms with E-state index in [0.717, 1.165) is 31.6 Å². The Balaban J connectivity index is 0.000000236. The van der Waals surface area contributed by atoms with E-state index in [4.69, 9.17) is 15.6 Å². The van der Waals surface area contributed by atoms with Gasteiger partial charge in [0.15, 0.2) is 0 Å². The van der Waals surface area contributed by atoms with Gasteiger partial charge in [0.2, 0.25) is 0 Å². The molecule has 0 saturated carbocycles. The molecule has 0 fully saturated rings. The maximum atomic E-state index is 10.8. The lowest BCUT2D eigenvalue weighted by Crippen LogP contribution is -2.13. The largest absolute Gasteiger partial charge is 0.493 e. The number of unbranched alkanes of at least 4 members (excludes halogenated alkanes) is 1. The molecule has 0 bridgehead atoms. The first-order chi connectivity index (χ1) is 11.0. The van der Waals surface area contributed by atoms with Gasteiger partial charge in [-0.15, -0.1) is 0 Å². The Labute approximate surface area is 139 Å². The van der Waals surface area contributed by atoms with Crippen LogP contribution in [0.1, 0.15) is 68.6 Å². The Morgan fingerprint density at radius 2 is 2.22 bits per heavy atom. The molecule has 1 aromatic rings. The Kier molecular flexibility index (Phi) is 6.46. The topological polar surface area (TPSA) is 72.6 Å². The fourth-order valence-corrected chi connectivity index (χ4v) is 3.49. The highest BCUT2D eigenvalue weighted by molar-refractivity contribution is 5.69. The van der Waals surface area contributed by atoms with Crippen LogP contribution in [-0.2, 0) is 17.6 Å². The third kappa shape index (κ3) is 4.71. The molecule has 0 saturated heterocycles. The lowest BCUT2D eigenvalue weighted by atomic mass is 9.92. The molecule has 23 heavy (non-hydrogen) atoms. The molecule has 4 nitrogen and oxygen atoms in total. The summed E-state index contributed by atoms with van der Waals surface area (Å²) in [6.45, 7) is 4.98. The van der Waals surface area contributed by atoms with Crippen molar-refractivity contribution in [3.05, 3.63) is 28.8 Å². The van der Waals surface area contributed by atoms with Crippen molar-refractivity contribution in [1.82, 2.24) is 0 Å². The first-order valence-electron chi connectivity index (χ1n) is 8.77. The van der Waals surface area contributed by atoms with Crippen LogP contribution in [0.15, 0.2) is 12.1 Å². The lowest BCUT2D eigenvalue weighted by Gasteiger charge is -2.12. The second kappa shape index (κ2) is 8.34. The van der Waals surface area contributed by atoms with Gasteiger partial charge in [-0.05, 0) is 49.3 Å². The maximum Gasteiger partial charge on any atom is 0.303 e. The van der Waals surface area contributed by atoms with Crippen LogP contribution in [0.4, 0.5) is 0 Å². The average molecular weight is 319 g/mol. The molecule has 128 valence electrons. The second-order valence-electron chi connectivity index (χ2n) is 6.67. The number of aliphatic carboxylic acids is 1. The minimum atomic E-state index is -0.700. The fraction of sp³-hybridized carbons (Fsp3) is 0.632. The zero-order valence-corrected chi connectivity index (χ0v) is 14.3. The second-order valence-corrected chi connectivity index (χ2v) is 6.67. The van der Waals surface area contributed by atoms with Crippen LogP contribution in [0.2, 0.25) is 0 Å². The van der Waals surface area contributed by atoms with E-state index in [9.17, 15) is 4.79 Å². The van der Waals surface area contributed by atoms with Crippen molar-refractivity contribution in [2.75, 3.05) is 6.61 Å². The van der Waals surface area contributed by atoms with Crippen LogP contribution >= 0.6 is 0 Å². The Hall–Kier alpha value is -1.55. The monoisotopic (exact) mass is 319 g/mol. The molecule has 3 N–H and O–H groups in total. The average Bonchev–Trinajstić information content (AvgIpc) is 3.11. The molecule has 0 amide bonds. The SMILES string of the molecule is CCCC[C@@H](C)N.O=C(O)C[C@@H]1CCc2ccc3c(c21)CCO3. The van der Waals surface area contributed by atoms with Gasteiger partial charge in [0.1, 0.15) is 5.75 Å². The highest BCUT2D eigenvalue weighted by Crippen LogP contribution is 2.43. The van der Waals surface area contributed by atoms with Gasteiger partial charge in [0.05, 0.1) is 13.0 Å². The molecule has 1 aliphatic heterocycles. The van der Waals surface area contributed by atoms with Crippen molar-refractivity contribution < 1.29 is 14.6 Å². The van der Waals surface area contributed by atoms with Gasteiger partial charge in [-0.1, -0.05) is 25.8 Å². The molecule has 0 aromatic heterocycles. The minimum Gasteiger partial charge on any atom is -0.493 e. The summed E-state index contributed by atoms with van der Waals surface area (Å²) in [5, 5.41) is 8.92. The van der Waals surface area contributed by atoms with Gasteiger partial charge in [-0.25, -0.2) is 0 Å². The number of carboxylic acid groups (broad SMARTS) is 1. The van der Waals surface area contributed by atoms with Crippen molar-refractivity contribution in [2.24, 2.45) is 5.73 Å². The molecule has 2 atom stereocenters. The molecule has 4 heteroatoms. The Morgan fingerprint density at radius 3 is 2.83 bits per heavy atom. The van der Waals surface area contributed by atoms with Gasteiger partial charge in [-0.3, -0.25) is 4.79 Å². The van der Waals surface area contributed by atoms with Crippen molar-refractivity contribution >= 4 is 5.97 Å². The van der Waals surface area contributed by atoms with E-state index in [1.165, 1.54) is 36.0 Å². The van der Waals surface area contributed by atoms with Gasteiger partial charge in [0, 0.05) is 18.0 Å². The number of aryl methyl sites for hydroxylation is 1. The third-order valence-electron chi connectivity index (χ3n) is 4.62. The molecule has 0 radical (unpaired) electrons. The first kappa shape index (κ1) is 17.8. The Bertz CT molecular complexity index is 540. The number of fused-ring (bicyclic) bond motifs is 3. The van der Waals surface area contributed by atoms with Gasteiger partial charge in [-0.2, -0.15) is 0 Å². The molecular weight excluding hydrogens is 290 g/mol. The predicted octanol–water partition coefficient (Wildman–Crippen LogP) is 3.65. The highest BCUT2D eigenvalue weighted by atomic mass is 16.5. The smallest absolute Gasteiger partial charge is 0.303 e. The summed E-state index contributed by atoms with van der Waals surface area (Å²) in [5.74, 6) is 0.467. The minimum absolute atomic E-state index is 0.198. The van der Waals surface area contributed by atoms with E-state index < -0.39 is 5.97 Å². The summed E-state index contributed by atoms with van der Waals surface area (Å²) in [4.78, 5) is 10.8. The van der Waals surface area contributed by atoms with Crippen LogP contribution in [-0.4, -0.2) is 23.7 Å². The van der Waals surface area contributed by atoms with Crippen LogP contribution in [0, 0.1) is 0 Å². The van der Waals surface area contributed by atoms with Gasteiger partial charge < -0.3 is 15.6 Å². The molecule has 1 aromatic carbocycles. The van der Waals surface area contributed by atoms with Gasteiger partial charge in [0.25, 0.3) is 0 Å². The predicted molar refractivity (Wildman–Crippen MR) is 92.1 cm³/mol. The summed E-state index contributed by atoms with van der Waals surface area (Å²) in [7, 11) is 0. The summed E-state index contributed by atoms with van der Waals surface area (Å²) in [6.07, 6.45) is 6.90. The van der Waals surface area contributed by atoms with Crippen molar-refractivity contribution in [3.8, 4) is 5.75 Å². The Morgan fingerprint density at radius 1 is 1.43 bits per heavy atom. The summed E-state index contributed by atoms with van der Waals surface area (Å²) >= 11 is 0. The van der Waals surface area contributed by atoms with E-state index >= 15 is 0 Å². The summed E-state index contributed by atoms with van der Waals surface area (Å²) in [6, 6.07) is 4.53. The fourth-order valence-electron chi connectivity index (χ4n) is 3.49. The van der Waals surface area contributed by atoms with E-state index in [1.54, 1.807) is 0 Å². The summed E-state index contributed by atoms with van der Waals surface area (Å²) in [5.41, 5.74) is 9.35. The number of benzene rings is 1. The number of carbonyl (C=O) groups is 1. The number of nitrogens with two attached hydrogens (primary N) is 1. The van der Waals surface area contributed by atoms with Crippen molar-refractivity contribution in [3.63, 3.8) is 0 Å². The quantitative estimate of drug-likeness (QED) is 0.869. The number of hydrogen-bond acceptors (Lipinski definition) is 3. The van der Waals surface area contributed by atoms with Crippen LogP contribution in [0.3, 0.4) is 0 Å². The normalized spacial score (nSPS) is 19.2. The van der Waals surface area contributed by atoms with Crippen molar-refractivity contribution in [1.29, 1.82) is 0 Å². The number of carboxylic acids is 1. The number of rotatable bonds is 5. The number of hydrogen-bond donors (Lipinski definition) is 2. The van der Waals surface area contributed by atoms with E-state index in [1.807, 2.05) is 6.07 Å². The highest BCUT2D eigenvalue weighted by Gasteiger charge is 2.30. The van der Waals surface area contributed by atoms with Gasteiger partial charge >= 0.3 is 5.97 Å². The zero-order valence-electron chi connectivity index (χ0n) is 14.3. The molecule has 1 heterocycles. The molecule has 0 spiro atoms. The maximum absolute atomic E-state index is 10.8. The van der Waals surface area contributed by atoms with Crippen LogP contribution in [0.5, 0.6) is 5.75 Å². The van der Waals surface area contributed by atoms with E-state index in [2.05, 4.69) is 19.9 Å². The standard InChI is InChI=1S/C13H14O3.C6H15N/c14-12(15)7-9-2-1-8-3-4-11-10(13(8)9)5-6-16-11;1-3-4-5-6(2)7/h3-4,9H,1-2,5-7H2,(H,14,15);6H,3-5,7H2,1-2H3/t9-;6-/m01/s1. The van der Waals surface area contributed by atoms with Crippen LogP contribution < -0.4 is 10.5 Å². The zero-order chi connectivity index (χ0) is 16.8. The third-order valence-corrected chi connectivity index (χ3v) is 4.62. The van der Waals surface area contributed by atoms with E-state index in [-0.39, 0.29) is 12.3 Å². The first-order valence-corrected chi connectivity index (χ1v) is 8.77. The summed E-state index contributed by atoms with van der Waals surface area (Å²) < 4.78 is 5.53. The molecule has 0 unspecified atom stereocenters. The van der Waals surface area contributed by atoms with Crippen molar-refractivity contribution in [2.45, 2.75) is 70.8 Å². The number of ether oxygens (including phenoxy) is 1. The lowest BCUT2D eigenvalue weighted by molar-refractivity contribution is -0.137.